The van der Waals surface area contributed by atoms with Crippen LogP contribution in [0.1, 0.15) is 24.9 Å². The van der Waals surface area contributed by atoms with Gasteiger partial charge in [-0.1, -0.05) is 30.3 Å². The van der Waals surface area contributed by atoms with E-state index in [0.717, 1.165) is 11.3 Å². The number of ketones is 1. The van der Waals surface area contributed by atoms with Crippen molar-refractivity contribution in [2.24, 2.45) is 0 Å². The Kier molecular flexibility index (Phi) is 3.35. The van der Waals surface area contributed by atoms with E-state index in [0.29, 0.717) is 15.3 Å². The van der Waals surface area contributed by atoms with E-state index in [4.69, 9.17) is 0 Å². The monoisotopic (exact) mass is 246 g/mol. The van der Waals surface area contributed by atoms with Gasteiger partial charge in [0, 0.05) is 5.56 Å². The predicted molar refractivity (Wildman–Crippen MR) is 65.5 cm³/mol. The Hall–Kier alpha value is -1.94. The Labute approximate surface area is 103 Å². The summed E-state index contributed by atoms with van der Waals surface area (Å²) in [5.74, 6) is -0.493. The van der Waals surface area contributed by atoms with E-state index in [2.05, 4.69) is 4.74 Å². The second kappa shape index (κ2) is 4.93. The molecule has 0 spiro atoms. The number of ether oxygens (including phenoxy) is 1. The third-order valence-electron chi connectivity index (χ3n) is 2.25. The minimum atomic E-state index is -0.415. The number of hydrogen-bond acceptors (Lipinski definition) is 4. The molecular formula is C13H10O3S. The Morgan fingerprint density at radius 1 is 1.00 bits per heavy atom. The normalized spacial score (nSPS) is 9.94. The lowest BCUT2D eigenvalue weighted by Gasteiger charge is -1.96. The second-order valence-electron chi connectivity index (χ2n) is 3.35. The largest absolute Gasteiger partial charge is 0.465 e. The van der Waals surface area contributed by atoms with Gasteiger partial charge < -0.3 is 4.74 Å². The molecule has 17 heavy (non-hydrogen) atoms. The van der Waals surface area contributed by atoms with Gasteiger partial charge in [0.05, 0.1) is 12.0 Å². The molecule has 2 aromatic rings. The van der Waals surface area contributed by atoms with E-state index in [1.807, 2.05) is 18.2 Å². The lowest BCUT2D eigenvalue weighted by atomic mass is 10.1. The van der Waals surface area contributed by atoms with Crippen LogP contribution < -0.4 is 0 Å². The summed E-state index contributed by atoms with van der Waals surface area (Å²) in [6.07, 6.45) is 0. The Balaban J connectivity index is 2.27. The number of methoxy groups -OCH3 is 1. The molecule has 86 valence electrons. The molecule has 1 aromatic carbocycles. The van der Waals surface area contributed by atoms with Crippen LogP contribution >= 0.6 is 11.3 Å². The first-order valence-corrected chi connectivity index (χ1v) is 5.82. The molecule has 0 atom stereocenters. The Morgan fingerprint density at radius 2 is 1.65 bits per heavy atom. The van der Waals surface area contributed by atoms with Crippen LogP contribution in [0.25, 0.3) is 0 Å². The lowest BCUT2D eigenvalue weighted by molar-refractivity contribution is 0.0606. The fraction of sp³-hybridized carbons (Fsp3) is 0.0769. The molecule has 0 radical (unpaired) electrons. The molecule has 0 fully saturated rings. The highest BCUT2D eigenvalue weighted by atomic mass is 32.1. The summed E-state index contributed by atoms with van der Waals surface area (Å²) in [5.41, 5.74) is 0.616. The third kappa shape index (κ3) is 2.42. The van der Waals surface area contributed by atoms with Gasteiger partial charge in [-0.3, -0.25) is 4.79 Å². The SMILES string of the molecule is COC(=O)c1ccc(C(=O)c2ccccc2)s1. The van der Waals surface area contributed by atoms with E-state index in [-0.39, 0.29) is 5.78 Å². The summed E-state index contributed by atoms with van der Waals surface area (Å²) in [6.45, 7) is 0. The number of esters is 1. The molecule has 0 bridgehead atoms. The zero-order valence-corrected chi connectivity index (χ0v) is 9.99. The van der Waals surface area contributed by atoms with Crippen LogP contribution in [0.5, 0.6) is 0 Å². The molecule has 0 aliphatic heterocycles. The summed E-state index contributed by atoms with van der Waals surface area (Å²) in [4.78, 5) is 24.3. The van der Waals surface area contributed by atoms with Crippen molar-refractivity contribution in [3.05, 3.63) is 57.8 Å². The number of benzene rings is 1. The van der Waals surface area contributed by atoms with Crippen LogP contribution in [-0.4, -0.2) is 18.9 Å². The van der Waals surface area contributed by atoms with E-state index in [1.165, 1.54) is 7.11 Å². The predicted octanol–water partition coefficient (Wildman–Crippen LogP) is 2.77. The standard InChI is InChI=1S/C13H10O3S/c1-16-13(15)11-8-7-10(17-11)12(14)9-5-3-2-4-6-9/h2-8H,1H3. The maximum Gasteiger partial charge on any atom is 0.348 e. The van der Waals surface area contributed by atoms with Crippen molar-refractivity contribution >= 4 is 23.1 Å². The molecule has 0 amide bonds. The topological polar surface area (TPSA) is 43.4 Å². The summed E-state index contributed by atoms with van der Waals surface area (Å²) < 4.78 is 4.60. The minimum absolute atomic E-state index is 0.0780. The van der Waals surface area contributed by atoms with Gasteiger partial charge in [-0.25, -0.2) is 4.79 Å². The first-order valence-electron chi connectivity index (χ1n) is 5.00. The molecule has 1 aromatic heterocycles. The fourth-order valence-electron chi connectivity index (χ4n) is 1.40. The highest BCUT2D eigenvalue weighted by molar-refractivity contribution is 7.16. The van der Waals surface area contributed by atoms with Crippen molar-refractivity contribution in [1.29, 1.82) is 0 Å². The van der Waals surface area contributed by atoms with Crippen molar-refractivity contribution in [2.45, 2.75) is 0 Å². The Bertz CT molecular complexity index is 543. The van der Waals surface area contributed by atoms with E-state index in [1.54, 1.807) is 24.3 Å². The lowest BCUT2D eigenvalue weighted by Crippen LogP contribution is -1.98. The summed E-state index contributed by atoms with van der Waals surface area (Å²) in [7, 11) is 1.32. The number of carbonyl (C=O) groups is 2. The van der Waals surface area contributed by atoms with E-state index in [9.17, 15) is 9.59 Å². The first kappa shape index (κ1) is 11.5. The maximum atomic E-state index is 12.0. The molecule has 0 N–H and O–H groups in total. The number of rotatable bonds is 3. The fourth-order valence-corrected chi connectivity index (χ4v) is 2.29. The highest BCUT2D eigenvalue weighted by Crippen LogP contribution is 2.20. The number of hydrogen-bond donors (Lipinski definition) is 0. The van der Waals surface area contributed by atoms with Gasteiger partial charge >= 0.3 is 5.97 Å². The first-order chi connectivity index (χ1) is 8.22. The van der Waals surface area contributed by atoms with Gasteiger partial charge in [-0.2, -0.15) is 0 Å². The minimum Gasteiger partial charge on any atom is -0.465 e. The molecule has 0 saturated carbocycles. The average Bonchev–Trinajstić information content (AvgIpc) is 2.87. The number of thiophene rings is 1. The van der Waals surface area contributed by atoms with E-state index >= 15 is 0 Å². The van der Waals surface area contributed by atoms with Gasteiger partial charge in [0.25, 0.3) is 0 Å². The summed E-state index contributed by atoms with van der Waals surface area (Å²) in [5, 5.41) is 0. The summed E-state index contributed by atoms with van der Waals surface area (Å²) >= 11 is 1.14. The van der Waals surface area contributed by atoms with E-state index < -0.39 is 5.97 Å². The molecular weight excluding hydrogens is 236 g/mol. The van der Waals surface area contributed by atoms with Crippen LogP contribution in [0.15, 0.2) is 42.5 Å². The van der Waals surface area contributed by atoms with Crippen molar-refractivity contribution in [2.75, 3.05) is 7.11 Å². The molecule has 0 saturated heterocycles. The van der Waals surface area contributed by atoms with Gasteiger partial charge in [0.15, 0.2) is 0 Å². The van der Waals surface area contributed by atoms with Crippen LogP contribution in [0.3, 0.4) is 0 Å². The molecule has 0 aliphatic rings. The third-order valence-corrected chi connectivity index (χ3v) is 3.32. The quantitative estimate of drug-likeness (QED) is 0.618. The average molecular weight is 246 g/mol. The van der Waals surface area contributed by atoms with Gasteiger partial charge in [0.2, 0.25) is 5.78 Å². The molecule has 0 unspecified atom stereocenters. The molecule has 3 nitrogen and oxygen atoms in total. The van der Waals surface area contributed by atoms with Crippen LogP contribution in [-0.2, 0) is 4.74 Å². The second-order valence-corrected chi connectivity index (χ2v) is 4.43. The smallest absolute Gasteiger partial charge is 0.348 e. The van der Waals surface area contributed by atoms with Crippen LogP contribution in [0.2, 0.25) is 0 Å². The molecule has 2 rings (SSSR count). The summed E-state index contributed by atoms with van der Waals surface area (Å²) in [6, 6.07) is 12.2. The van der Waals surface area contributed by atoms with Gasteiger partial charge in [-0.15, -0.1) is 11.3 Å². The molecule has 4 heteroatoms. The zero-order chi connectivity index (χ0) is 12.3. The van der Waals surface area contributed by atoms with Crippen molar-refractivity contribution in [3.8, 4) is 0 Å². The van der Waals surface area contributed by atoms with Crippen molar-refractivity contribution in [1.82, 2.24) is 0 Å². The molecule has 0 aliphatic carbocycles. The van der Waals surface area contributed by atoms with Crippen molar-refractivity contribution < 1.29 is 14.3 Å². The van der Waals surface area contributed by atoms with Crippen molar-refractivity contribution in [3.63, 3.8) is 0 Å². The van der Waals surface area contributed by atoms with Gasteiger partial charge in [-0.05, 0) is 12.1 Å². The van der Waals surface area contributed by atoms with Crippen LogP contribution in [0, 0.1) is 0 Å². The van der Waals surface area contributed by atoms with Crippen LogP contribution in [0.4, 0.5) is 0 Å². The zero-order valence-electron chi connectivity index (χ0n) is 9.17. The highest BCUT2D eigenvalue weighted by Gasteiger charge is 2.14. The Morgan fingerprint density at radius 3 is 2.29 bits per heavy atom. The molecule has 1 heterocycles. The maximum absolute atomic E-state index is 12.0. The van der Waals surface area contributed by atoms with Gasteiger partial charge in [0.1, 0.15) is 4.88 Å². The number of carbonyl (C=O) groups excluding carboxylic acids is 2.